The lowest BCUT2D eigenvalue weighted by Gasteiger charge is -2.09. The smallest absolute Gasteiger partial charge is 0.258 e. The van der Waals surface area contributed by atoms with E-state index < -0.39 is 5.91 Å². The lowest BCUT2D eigenvalue weighted by molar-refractivity contribution is -0.115. The van der Waals surface area contributed by atoms with Crippen molar-refractivity contribution in [1.82, 2.24) is 4.98 Å². The van der Waals surface area contributed by atoms with Crippen molar-refractivity contribution in [3.8, 4) is 0 Å². The number of pyridine rings is 1. The molecular weight excluding hydrogens is 473 g/mol. The SMILES string of the molecule is Cc1oc2c(NC(=O)c3c(Cl)cccc3Cl)cccc2c1CC(=O)Nc1ccccn1.Cl. The van der Waals surface area contributed by atoms with Crippen molar-refractivity contribution in [3.63, 3.8) is 0 Å². The molecule has 6 nitrogen and oxygen atoms in total. The van der Waals surface area contributed by atoms with Crippen LogP contribution in [0.1, 0.15) is 21.7 Å². The molecule has 0 atom stereocenters. The topological polar surface area (TPSA) is 84.2 Å². The van der Waals surface area contributed by atoms with Gasteiger partial charge in [0.1, 0.15) is 11.6 Å². The maximum absolute atomic E-state index is 12.8. The molecule has 0 saturated carbocycles. The first-order chi connectivity index (χ1) is 14.9. The Kier molecular flexibility index (Phi) is 7.40. The standard InChI is InChI=1S/C23H17Cl2N3O3.ClH/c1-13-15(12-20(29)28-19-10-2-3-11-26-19)14-6-4-9-18(22(14)31-13)27-23(30)21-16(24)7-5-8-17(21)25;/h2-11H,12H2,1H3,(H,27,30)(H,26,28,29);1H. The largest absolute Gasteiger partial charge is 0.459 e. The molecule has 164 valence electrons. The van der Waals surface area contributed by atoms with Crippen molar-refractivity contribution >= 4 is 69.9 Å². The van der Waals surface area contributed by atoms with Crippen LogP contribution in [-0.4, -0.2) is 16.8 Å². The fourth-order valence-electron chi connectivity index (χ4n) is 3.29. The third-order valence-electron chi connectivity index (χ3n) is 4.73. The van der Waals surface area contributed by atoms with Crippen molar-refractivity contribution in [2.75, 3.05) is 10.6 Å². The number of fused-ring (bicyclic) bond motifs is 1. The van der Waals surface area contributed by atoms with Crippen molar-refractivity contribution in [2.24, 2.45) is 0 Å². The fourth-order valence-corrected chi connectivity index (χ4v) is 3.86. The summed E-state index contributed by atoms with van der Waals surface area (Å²) in [6, 6.07) is 15.5. The van der Waals surface area contributed by atoms with Crippen molar-refractivity contribution in [3.05, 3.63) is 87.7 Å². The van der Waals surface area contributed by atoms with E-state index >= 15 is 0 Å². The highest BCUT2D eigenvalue weighted by molar-refractivity contribution is 6.40. The summed E-state index contributed by atoms with van der Waals surface area (Å²) >= 11 is 12.3. The average Bonchev–Trinajstić information content (AvgIpc) is 3.05. The first kappa shape index (κ1) is 23.6. The Morgan fingerprint density at radius 1 is 0.969 bits per heavy atom. The van der Waals surface area contributed by atoms with Crippen LogP contribution in [-0.2, 0) is 11.2 Å². The Balaban J connectivity index is 0.00000289. The van der Waals surface area contributed by atoms with E-state index in [9.17, 15) is 9.59 Å². The maximum atomic E-state index is 12.8. The number of nitrogens with one attached hydrogen (secondary N) is 2. The normalized spacial score (nSPS) is 10.5. The van der Waals surface area contributed by atoms with E-state index in [-0.39, 0.29) is 40.3 Å². The van der Waals surface area contributed by atoms with Crippen molar-refractivity contribution in [2.45, 2.75) is 13.3 Å². The minimum atomic E-state index is -0.452. The quantitative estimate of drug-likeness (QED) is 0.344. The fraction of sp³-hybridized carbons (Fsp3) is 0.0870. The molecule has 2 amide bonds. The summed E-state index contributed by atoms with van der Waals surface area (Å²) in [5.41, 5.74) is 1.84. The van der Waals surface area contributed by atoms with E-state index in [0.29, 0.717) is 22.8 Å². The number of furan rings is 1. The van der Waals surface area contributed by atoms with Crippen LogP contribution in [0.5, 0.6) is 0 Å². The lowest BCUT2D eigenvalue weighted by Crippen LogP contribution is -2.15. The highest BCUT2D eigenvalue weighted by Gasteiger charge is 2.20. The Morgan fingerprint density at radius 3 is 2.38 bits per heavy atom. The number of halogens is 3. The predicted octanol–water partition coefficient (Wildman–Crippen LogP) is 6.30. The monoisotopic (exact) mass is 489 g/mol. The van der Waals surface area contributed by atoms with Gasteiger partial charge in [-0.05, 0) is 37.3 Å². The molecule has 0 bridgehead atoms. The molecule has 2 aromatic heterocycles. The molecule has 0 radical (unpaired) electrons. The van der Waals surface area contributed by atoms with Crippen LogP contribution < -0.4 is 10.6 Å². The summed E-state index contributed by atoms with van der Waals surface area (Å²) in [5.74, 6) is 0.388. The summed E-state index contributed by atoms with van der Waals surface area (Å²) in [7, 11) is 0. The second kappa shape index (κ2) is 10.0. The molecule has 32 heavy (non-hydrogen) atoms. The number of benzene rings is 2. The Labute approximate surface area is 200 Å². The van der Waals surface area contributed by atoms with Gasteiger partial charge in [-0.15, -0.1) is 12.4 Å². The van der Waals surface area contributed by atoms with Crippen LogP contribution >= 0.6 is 35.6 Å². The van der Waals surface area contributed by atoms with E-state index in [4.69, 9.17) is 27.6 Å². The summed E-state index contributed by atoms with van der Waals surface area (Å²) in [6.07, 6.45) is 1.71. The van der Waals surface area contributed by atoms with Crippen LogP contribution in [0.3, 0.4) is 0 Å². The molecular formula is C23H18Cl3N3O3. The van der Waals surface area contributed by atoms with Gasteiger partial charge in [-0.1, -0.05) is 47.5 Å². The molecule has 0 aliphatic carbocycles. The van der Waals surface area contributed by atoms with E-state index in [1.54, 1.807) is 61.7 Å². The van der Waals surface area contributed by atoms with Gasteiger partial charge in [-0.2, -0.15) is 0 Å². The number of amides is 2. The number of rotatable bonds is 5. The minimum absolute atomic E-state index is 0. The van der Waals surface area contributed by atoms with Gasteiger partial charge in [0.25, 0.3) is 5.91 Å². The maximum Gasteiger partial charge on any atom is 0.258 e. The van der Waals surface area contributed by atoms with Crippen LogP contribution in [0.25, 0.3) is 11.0 Å². The number of carbonyl (C=O) groups is 2. The van der Waals surface area contributed by atoms with E-state index in [1.165, 1.54) is 0 Å². The number of nitrogens with zero attached hydrogens (tertiary/aromatic N) is 1. The molecule has 2 aromatic carbocycles. The van der Waals surface area contributed by atoms with Crippen molar-refractivity contribution < 1.29 is 14.0 Å². The Hall–Kier alpha value is -3.06. The number of anilines is 2. The number of para-hydroxylation sites is 1. The van der Waals surface area contributed by atoms with Gasteiger partial charge in [0.2, 0.25) is 5.91 Å². The molecule has 4 rings (SSSR count). The molecule has 9 heteroatoms. The zero-order chi connectivity index (χ0) is 22.0. The highest BCUT2D eigenvalue weighted by Crippen LogP contribution is 2.33. The molecule has 0 unspecified atom stereocenters. The van der Waals surface area contributed by atoms with E-state index in [2.05, 4.69) is 15.6 Å². The first-order valence-corrected chi connectivity index (χ1v) is 10.2. The van der Waals surface area contributed by atoms with Gasteiger partial charge in [-0.3, -0.25) is 9.59 Å². The lowest BCUT2D eigenvalue weighted by atomic mass is 10.1. The third kappa shape index (κ3) is 4.88. The molecule has 0 fully saturated rings. The molecule has 0 spiro atoms. The predicted molar refractivity (Wildman–Crippen MR) is 129 cm³/mol. The Morgan fingerprint density at radius 2 is 1.69 bits per heavy atom. The van der Waals surface area contributed by atoms with Gasteiger partial charge in [-0.25, -0.2) is 4.98 Å². The van der Waals surface area contributed by atoms with Gasteiger partial charge in [0.15, 0.2) is 5.58 Å². The zero-order valence-electron chi connectivity index (χ0n) is 16.8. The number of aromatic nitrogens is 1. The number of hydrogen-bond donors (Lipinski definition) is 2. The zero-order valence-corrected chi connectivity index (χ0v) is 19.1. The molecule has 0 saturated heterocycles. The number of aryl methyl sites for hydroxylation is 1. The minimum Gasteiger partial charge on any atom is -0.459 e. The number of carbonyl (C=O) groups excluding carboxylic acids is 2. The molecule has 2 heterocycles. The summed E-state index contributed by atoms with van der Waals surface area (Å²) < 4.78 is 5.90. The summed E-state index contributed by atoms with van der Waals surface area (Å²) in [5, 5.41) is 6.80. The second-order valence-corrected chi connectivity index (χ2v) is 7.62. The van der Waals surface area contributed by atoms with E-state index in [1.807, 2.05) is 6.07 Å². The molecule has 4 aromatic rings. The Bertz CT molecular complexity index is 1270. The van der Waals surface area contributed by atoms with Crippen LogP contribution in [0, 0.1) is 6.92 Å². The third-order valence-corrected chi connectivity index (χ3v) is 5.36. The summed E-state index contributed by atoms with van der Waals surface area (Å²) in [4.78, 5) is 29.4. The number of hydrogen-bond acceptors (Lipinski definition) is 4. The highest BCUT2D eigenvalue weighted by atomic mass is 35.5. The summed E-state index contributed by atoms with van der Waals surface area (Å²) in [6.45, 7) is 1.78. The van der Waals surface area contributed by atoms with Crippen LogP contribution in [0.15, 0.2) is 65.2 Å². The van der Waals surface area contributed by atoms with Crippen molar-refractivity contribution in [1.29, 1.82) is 0 Å². The molecule has 2 N–H and O–H groups in total. The average molecular weight is 491 g/mol. The van der Waals surface area contributed by atoms with Crippen LogP contribution in [0.4, 0.5) is 11.5 Å². The van der Waals surface area contributed by atoms with Gasteiger partial charge in [0.05, 0.1) is 27.7 Å². The second-order valence-electron chi connectivity index (χ2n) is 6.81. The van der Waals surface area contributed by atoms with Gasteiger partial charge in [0, 0.05) is 17.1 Å². The van der Waals surface area contributed by atoms with E-state index in [0.717, 1.165) is 10.9 Å². The van der Waals surface area contributed by atoms with Crippen LogP contribution in [0.2, 0.25) is 10.0 Å². The molecule has 0 aliphatic rings. The van der Waals surface area contributed by atoms with Gasteiger partial charge >= 0.3 is 0 Å². The molecule has 0 aliphatic heterocycles. The van der Waals surface area contributed by atoms with Gasteiger partial charge < -0.3 is 15.1 Å². The first-order valence-electron chi connectivity index (χ1n) is 9.41.